The Morgan fingerprint density at radius 1 is 0.670 bits per heavy atom. The van der Waals surface area contributed by atoms with Crippen molar-refractivity contribution < 1.29 is 123 Å². The smallest absolute Gasteiger partial charge is 0.330 e. The number of ether oxygens (including phenoxy) is 7. The second-order valence-corrected chi connectivity index (χ2v) is 29.9. The second-order valence-electron chi connectivity index (χ2n) is 29.0. The molecular weight excluding hydrogens is 1550 g/mol. The first-order valence-electron chi connectivity index (χ1n) is 36.4. The number of carbonyl (C=O) groups is 8. The first-order chi connectivity index (χ1) is 54.7. The predicted molar refractivity (Wildman–Crippen MR) is 405 cm³/mol. The number of aliphatic hydroxyl groups is 6. The lowest BCUT2D eigenvalue weighted by molar-refractivity contribution is -0.334. The number of amides is 7. The summed E-state index contributed by atoms with van der Waals surface area (Å²) in [5, 5.41) is 136. The van der Waals surface area contributed by atoms with Crippen molar-refractivity contribution in [2.24, 2.45) is 11.7 Å². The van der Waals surface area contributed by atoms with Gasteiger partial charge in [-0.05, 0) is 140 Å². The van der Waals surface area contributed by atoms with Crippen molar-refractivity contribution >= 4 is 70.5 Å². The number of carbonyl (C=O) groups excluding carboxylic acids is 7. The molecule has 115 heavy (non-hydrogen) atoms. The largest absolute Gasteiger partial charge is 0.508 e. The molecular formula is C79H85Cl2N9O25. The first-order valence-corrected chi connectivity index (χ1v) is 37.2. The molecule has 0 radical (unpaired) electrons. The number of para-hydroxylation sites is 1. The van der Waals surface area contributed by atoms with E-state index in [2.05, 4.69) is 42.5 Å². The van der Waals surface area contributed by atoms with Crippen molar-refractivity contribution in [2.75, 3.05) is 13.7 Å². The highest BCUT2D eigenvalue weighted by Crippen LogP contribution is 2.50. The van der Waals surface area contributed by atoms with E-state index in [0.717, 1.165) is 72.3 Å². The van der Waals surface area contributed by atoms with E-state index in [1.165, 1.54) is 19.2 Å². The van der Waals surface area contributed by atoms with Crippen LogP contribution in [0.4, 0.5) is 0 Å². The van der Waals surface area contributed by atoms with E-state index >= 15 is 14.4 Å². The molecule has 0 aromatic heterocycles. The quantitative estimate of drug-likeness (QED) is 0.0582. The zero-order chi connectivity index (χ0) is 82.8. The van der Waals surface area contributed by atoms with E-state index in [9.17, 15) is 75.0 Å². The predicted octanol–water partition coefficient (Wildman–Crippen LogP) is 3.73. The number of nitrogens with one attached hydrogen (secondary N) is 8. The summed E-state index contributed by atoms with van der Waals surface area (Å²) in [6.07, 6.45) is -18.7. The van der Waals surface area contributed by atoms with E-state index in [0.29, 0.717) is 11.5 Å². The van der Waals surface area contributed by atoms with Gasteiger partial charge in [-0.25, -0.2) is 4.79 Å². The summed E-state index contributed by atoms with van der Waals surface area (Å²) >= 11 is 14.3. The number of phenolic OH excluding ortho intramolecular Hbond substituents is 3. The Bertz CT molecular complexity index is 4860. The molecule has 7 heterocycles. The fraction of sp³-hybridized carbons (Fsp3) is 0.367. The Balaban J connectivity index is 1.04. The van der Waals surface area contributed by atoms with Crippen molar-refractivity contribution in [3.63, 3.8) is 0 Å². The van der Waals surface area contributed by atoms with Gasteiger partial charge in [0.25, 0.3) is 0 Å². The van der Waals surface area contributed by atoms with Crippen LogP contribution in [0.1, 0.15) is 111 Å². The van der Waals surface area contributed by atoms with Crippen LogP contribution in [0, 0.1) is 5.92 Å². The molecule has 2 fully saturated rings. The number of halogens is 2. The van der Waals surface area contributed by atoms with Gasteiger partial charge in [-0.1, -0.05) is 85.6 Å². The third-order valence-corrected chi connectivity index (χ3v) is 20.9. The van der Waals surface area contributed by atoms with E-state index in [1.54, 1.807) is 38.1 Å². The van der Waals surface area contributed by atoms with Crippen molar-refractivity contribution in [2.45, 2.75) is 163 Å². The van der Waals surface area contributed by atoms with Crippen molar-refractivity contribution in [1.29, 1.82) is 0 Å². The number of fused-ring (bicyclic) bond motifs is 15. The van der Waals surface area contributed by atoms with Crippen LogP contribution in [0.25, 0.3) is 11.1 Å². The van der Waals surface area contributed by atoms with Crippen LogP contribution in [0.15, 0.2) is 133 Å². The topological polar surface area (TPSA) is 526 Å². The molecule has 7 aliphatic heterocycles. The number of hydrogen-bond donors (Lipinski definition) is 19. The zero-order valence-electron chi connectivity index (χ0n) is 62.1. The van der Waals surface area contributed by atoms with Gasteiger partial charge in [-0.2, -0.15) is 0 Å². The lowest BCUT2D eigenvalue weighted by atomic mass is 9.84. The molecule has 34 nitrogen and oxygen atoms in total. The molecule has 36 heteroatoms. The van der Waals surface area contributed by atoms with Crippen LogP contribution in [0.3, 0.4) is 0 Å². The van der Waals surface area contributed by atoms with Gasteiger partial charge >= 0.3 is 5.97 Å². The van der Waals surface area contributed by atoms with Gasteiger partial charge in [0.2, 0.25) is 53.4 Å². The number of aliphatic carboxylic acids is 1. The summed E-state index contributed by atoms with van der Waals surface area (Å²) in [6, 6.07) is 15.7. The van der Waals surface area contributed by atoms with Crippen LogP contribution in [0.2, 0.25) is 10.0 Å². The maximum atomic E-state index is 16.2. The SMILES string of the molecule is CN[C@H](CC(C)C)C(=O)N[C@H]1C(=O)N[C@@H](CC(N)=O)C(=O)N[C@H]2C(=O)N[C@H]3C(=O)N[C@H](C(=O)N[C@H](C(=O)O)c4cc(O)cc(O)c4-c4cc3ccc4O)[C@H](O)c3ccc(c(Cl)c3)Oc3cc2cc(c3O[C@@H]2O[C@H](CO)[C@@H](O)[C@H](O)[C@H]2O[C@H]2C[C@](C)(NCc3ccc(Oc4ccccc4)cc3)[C@H](O)[C@H](C)O2)Oc2ccc(cc2Cl)[C@H]1O. The molecule has 7 amide bonds. The Labute approximate surface area is 666 Å². The molecule has 20 N–H and O–H groups in total. The summed E-state index contributed by atoms with van der Waals surface area (Å²) < 4.78 is 45.4. The molecule has 7 aromatic rings. The maximum Gasteiger partial charge on any atom is 0.330 e. The number of benzene rings is 7. The molecule has 0 unspecified atom stereocenters. The number of nitrogens with two attached hydrogens (primary N) is 1. The summed E-state index contributed by atoms with van der Waals surface area (Å²) in [5.74, 6) is -14.9. The van der Waals surface area contributed by atoms with E-state index in [-0.39, 0.29) is 52.8 Å². The number of carboxylic acid groups (broad SMARTS) is 1. The Kier molecular flexibility index (Phi) is 25.4. The highest BCUT2D eigenvalue weighted by atomic mass is 35.5. The Hall–Kier alpha value is -11.0. The molecule has 2 saturated heterocycles. The van der Waals surface area contributed by atoms with Gasteiger partial charge in [0, 0.05) is 41.3 Å². The standard InChI is InChI=1S/C79H85Cl2N9O25/c1-33(2)21-47(83-5)71(101)89-62-64(96)37-14-19-51(45(80)23-37)111-53-25-39-26-54(68(53)115-78-69(67(99)66(98)55(32-91)113-78)114-57-30-79(4,70(100)34(3)109-57)84-31-35-11-16-42(17-12-35)110-41-9-7-6-8-10-41)112-52-20-15-38(24-46(52)81)65(97)63-76(106)88-61(77(107)108)44-27-40(92)28-50(94)58(44)43-22-36(13-18-49(43)93)59(73(103)90-63)87-74(104)60(39)86-72(102)48(29-56(82)95)85-75(62)105/h6-20,22-28,33-34,47-48,55,57,59-67,69-70,78,83-84,91-94,96-100H,21,29-32H2,1-5H3,(H2,82,95)(H,85,105)(H,86,102)(H,87,104)(H,88,106)(H,89,101)(H,90,103)(H,107,108)/t34-,47+,48-,55+,57-,59+,60+,61-,62+,63-,64+,65+,66+,67-,69+,70+,78-,79-/m0/s1. The molecule has 0 saturated carbocycles. The molecule has 18 atom stereocenters. The monoisotopic (exact) mass is 1630 g/mol. The maximum absolute atomic E-state index is 16.2. The summed E-state index contributed by atoms with van der Waals surface area (Å²) in [6.45, 7) is 6.11. The molecule has 14 rings (SSSR count). The number of aliphatic hydroxyl groups excluding tert-OH is 6. The molecule has 0 aliphatic carbocycles. The Morgan fingerprint density at radius 2 is 1.29 bits per heavy atom. The summed E-state index contributed by atoms with van der Waals surface area (Å²) in [5.41, 5.74) is 2.45. The number of primary amides is 1. The molecule has 610 valence electrons. The first kappa shape index (κ1) is 83.5. The average Bonchev–Trinajstić information content (AvgIpc) is 0.766. The van der Waals surface area contributed by atoms with Gasteiger partial charge in [0.1, 0.15) is 101 Å². The third-order valence-electron chi connectivity index (χ3n) is 20.3. The van der Waals surface area contributed by atoms with Crippen LogP contribution >= 0.6 is 23.2 Å². The van der Waals surface area contributed by atoms with E-state index in [4.69, 9.17) is 62.1 Å². The minimum Gasteiger partial charge on any atom is -0.508 e. The summed E-state index contributed by atoms with van der Waals surface area (Å²) in [4.78, 5) is 118. The van der Waals surface area contributed by atoms with Crippen LogP contribution < -0.4 is 67.2 Å². The van der Waals surface area contributed by atoms with Gasteiger partial charge in [0.15, 0.2) is 29.9 Å². The number of carboxylic acids is 1. The van der Waals surface area contributed by atoms with Crippen molar-refractivity contribution in [3.8, 4) is 68.6 Å². The fourth-order valence-electron chi connectivity index (χ4n) is 14.2. The minimum absolute atomic E-state index is 0.107. The van der Waals surface area contributed by atoms with Gasteiger partial charge < -0.3 is 132 Å². The average molecular weight is 1630 g/mol. The molecule has 0 spiro atoms. The van der Waals surface area contributed by atoms with Gasteiger partial charge in [-0.3, -0.25) is 33.6 Å². The van der Waals surface area contributed by atoms with Crippen LogP contribution in [-0.4, -0.2) is 191 Å². The number of likely N-dealkylation sites (N-methyl/N-ethyl adjacent to an activating group) is 1. The highest BCUT2D eigenvalue weighted by molar-refractivity contribution is 6.32. The molecule has 11 bridgehead atoms. The van der Waals surface area contributed by atoms with E-state index < -0.39 is 237 Å². The van der Waals surface area contributed by atoms with Crippen molar-refractivity contribution in [3.05, 3.63) is 177 Å². The normalized spacial score (nSPS) is 27.2. The fourth-order valence-corrected chi connectivity index (χ4v) is 14.7. The van der Waals surface area contributed by atoms with Crippen LogP contribution in [0.5, 0.6) is 57.5 Å². The summed E-state index contributed by atoms with van der Waals surface area (Å²) in [7, 11) is 1.48. The number of hydrogen-bond acceptors (Lipinski definition) is 26. The third kappa shape index (κ3) is 18.4. The Morgan fingerprint density at radius 3 is 1.90 bits per heavy atom. The number of rotatable bonds is 18. The number of phenols is 3. The van der Waals surface area contributed by atoms with Gasteiger partial charge in [0.05, 0.1) is 41.3 Å². The van der Waals surface area contributed by atoms with Crippen molar-refractivity contribution in [1.82, 2.24) is 42.5 Å². The number of aromatic hydroxyl groups is 3. The molecule has 7 aromatic carbocycles. The lowest BCUT2D eigenvalue weighted by Gasteiger charge is -2.48. The van der Waals surface area contributed by atoms with E-state index in [1.807, 2.05) is 44.2 Å². The highest BCUT2D eigenvalue weighted by Gasteiger charge is 2.52. The molecule has 7 aliphatic rings. The minimum atomic E-state index is -2.36. The second kappa shape index (κ2) is 35.0. The van der Waals surface area contributed by atoms with Gasteiger partial charge in [-0.15, -0.1) is 0 Å². The zero-order valence-corrected chi connectivity index (χ0v) is 63.6. The van der Waals surface area contributed by atoms with Crippen LogP contribution in [-0.2, 0) is 59.1 Å². The lowest BCUT2D eigenvalue weighted by Crippen LogP contribution is -2.65.